The van der Waals surface area contributed by atoms with Crippen LogP contribution in [-0.4, -0.2) is 50.8 Å². The van der Waals surface area contributed by atoms with Crippen molar-refractivity contribution in [3.8, 4) is 0 Å². The third kappa shape index (κ3) is 6.14. The molecular weight excluding hydrogens is 500 g/mol. The maximum Gasteiger partial charge on any atom is 0.319 e. The summed E-state index contributed by atoms with van der Waals surface area (Å²) in [5.74, 6) is 2.82. The van der Waals surface area contributed by atoms with Crippen LogP contribution in [0.4, 0.5) is 16.2 Å². The lowest BCUT2D eigenvalue weighted by atomic mass is 9.53. The molecule has 1 saturated heterocycles. The predicted molar refractivity (Wildman–Crippen MR) is 159 cm³/mol. The highest BCUT2D eigenvalue weighted by molar-refractivity contribution is 6.02. The van der Waals surface area contributed by atoms with Crippen molar-refractivity contribution in [2.24, 2.45) is 23.7 Å². The molecule has 2 aromatic carbocycles. The average molecular weight is 545 g/mol. The van der Waals surface area contributed by atoms with E-state index >= 15 is 0 Å². The standard InChI is InChI=1S/C33H44N4O3/c1-40-14-11-34-31(38)29-19-28(35-32(39)36-33-20-25-16-26(21-33)18-27(17-25)22-33)7-8-30(29)37-12-9-24(10-13-37)15-23-5-3-2-4-6-23/h2-8,19,24-27H,9-18,20-22H2,1H3,(H,34,38)(H2,35,36,39). The SMILES string of the molecule is COCCNC(=O)c1cc(NC(=O)NC23CC4CC(CC(C4)C2)C3)ccc1N1CCC(Cc2ccccc2)CC1. The molecule has 3 N–H and O–H groups in total. The van der Waals surface area contributed by atoms with Gasteiger partial charge in [0.15, 0.2) is 0 Å². The van der Waals surface area contributed by atoms with Gasteiger partial charge >= 0.3 is 6.03 Å². The molecule has 7 rings (SSSR count). The van der Waals surface area contributed by atoms with Gasteiger partial charge in [0.1, 0.15) is 0 Å². The largest absolute Gasteiger partial charge is 0.383 e. The minimum absolute atomic E-state index is 0.0524. The van der Waals surface area contributed by atoms with Crippen molar-refractivity contribution in [2.45, 2.75) is 63.3 Å². The lowest BCUT2D eigenvalue weighted by Gasteiger charge is -2.56. The monoisotopic (exact) mass is 544 g/mol. The second-order valence-corrected chi connectivity index (χ2v) is 12.9. The molecule has 40 heavy (non-hydrogen) atoms. The van der Waals surface area contributed by atoms with E-state index in [1.54, 1.807) is 7.11 Å². The first kappa shape index (κ1) is 27.1. The van der Waals surface area contributed by atoms with E-state index in [4.69, 9.17) is 4.74 Å². The summed E-state index contributed by atoms with van der Waals surface area (Å²) >= 11 is 0. The summed E-state index contributed by atoms with van der Waals surface area (Å²) in [6.07, 6.45) is 10.6. The van der Waals surface area contributed by atoms with E-state index in [0.717, 1.165) is 75.1 Å². The van der Waals surface area contributed by atoms with Gasteiger partial charge in [0.2, 0.25) is 0 Å². The molecule has 214 valence electrons. The summed E-state index contributed by atoms with van der Waals surface area (Å²) in [7, 11) is 1.63. The van der Waals surface area contributed by atoms with Crippen LogP contribution >= 0.6 is 0 Å². The molecule has 0 atom stereocenters. The van der Waals surface area contributed by atoms with Crippen molar-refractivity contribution in [1.82, 2.24) is 10.6 Å². The zero-order valence-electron chi connectivity index (χ0n) is 23.8. The maximum atomic E-state index is 13.3. The number of benzene rings is 2. The number of nitrogens with one attached hydrogen (secondary N) is 3. The fraction of sp³-hybridized carbons (Fsp3) is 0.576. The fourth-order valence-corrected chi connectivity index (χ4v) is 8.43. The average Bonchev–Trinajstić information content (AvgIpc) is 2.93. The Morgan fingerprint density at radius 3 is 2.27 bits per heavy atom. The molecule has 4 bridgehead atoms. The molecule has 5 aliphatic rings. The molecule has 4 saturated carbocycles. The van der Waals surface area contributed by atoms with Crippen LogP contribution in [-0.2, 0) is 11.2 Å². The fourth-order valence-electron chi connectivity index (χ4n) is 8.43. The van der Waals surface area contributed by atoms with Crippen LogP contribution in [0.25, 0.3) is 0 Å². The Morgan fingerprint density at radius 2 is 1.62 bits per heavy atom. The molecule has 3 amide bonds. The zero-order chi connectivity index (χ0) is 27.5. The van der Waals surface area contributed by atoms with Gasteiger partial charge in [0.05, 0.1) is 12.2 Å². The number of hydrogen-bond donors (Lipinski definition) is 3. The molecule has 2 aromatic rings. The van der Waals surface area contributed by atoms with Crippen LogP contribution in [0.1, 0.15) is 67.3 Å². The highest BCUT2D eigenvalue weighted by Crippen LogP contribution is 2.55. The van der Waals surface area contributed by atoms with Crippen molar-refractivity contribution in [3.05, 3.63) is 59.7 Å². The lowest BCUT2D eigenvalue weighted by molar-refractivity contribution is -0.0127. The second-order valence-electron chi connectivity index (χ2n) is 12.9. The van der Waals surface area contributed by atoms with Crippen LogP contribution in [0.3, 0.4) is 0 Å². The number of ether oxygens (including phenoxy) is 1. The zero-order valence-corrected chi connectivity index (χ0v) is 23.8. The Balaban J connectivity index is 1.13. The van der Waals surface area contributed by atoms with E-state index in [2.05, 4.69) is 51.2 Å². The molecule has 0 spiro atoms. The summed E-state index contributed by atoms with van der Waals surface area (Å²) in [6, 6.07) is 16.3. The van der Waals surface area contributed by atoms with Crippen molar-refractivity contribution >= 4 is 23.3 Å². The smallest absolute Gasteiger partial charge is 0.319 e. The minimum Gasteiger partial charge on any atom is -0.383 e. The predicted octanol–water partition coefficient (Wildman–Crippen LogP) is 5.61. The van der Waals surface area contributed by atoms with Crippen LogP contribution in [0.2, 0.25) is 0 Å². The topological polar surface area (TPSA) is 82.7 Å². The van der Waals surface area contributed by atoms with Crippen LogP contribution < -0.4 is 20.9 Å². The second kappa shape index (κ2) is 11.8. The molecule has 1 aliphatic heterocycles. The summed E-state index contributed by atoms with van der Waals surface area (Å²) in [5, 5.41) is 9.44. The summed E-state index contributed by atoms with van der Waals surface area (Å²) in [5.41, 5.74) is 3.53. The van der Waals surface area contributed by atoms with E-state index in [1.165, 1.54) is 24.8 Å². The summed E-state index contributed by atoms with van der Waals surface area (Å²) in [4.78, 5) is 28.8. The quantitative estimate of drug-likeness (QED) is 0.358. The van der Waals surface area contributed by atoms with E-state index < -0.39 is 0 Å². The van der Waals surface area contributed by atoms with Gasteiger partial charge in [-0.05, 0) is 105 Å². The van der Waals surface area contributed by atoms with E-state index in [1.807, 2.05) is 18.2 Å². The molecule has 7 heteroatoms. The Morgan fingerprint density at radius 1 is 0.950 bits per heavy atom. The molecular formula is C33H44N4O3. The number of methoxy groups -OCH3 is 1. The van der Waals surface area contributed by atoms with Crippen LogP contribution in [0.5, 0.6) is 0 Å². The van der Waals surface area contributed by atoms with Gasteiger partial charge in [-0.15, -0.1) is 0 Å². The summed E-state index contributed by atoms with van der Waals surface area (Å²) < 4.78 is 5.14. The third-order valence-corrected chi connectivity index (χ3v) is 9.83. The van der Waals surface area contributed by atoms with Gasteiger partial charge < -0.3 is 25.6 Å². The first-order valence-electron chi connectivity index (χ1n) is 15.3. The van der Waals surface area contributed by atoms with Gasteiger partial charge in [0, 0.05) is 43.7 Å². The van der Waals surface area contributed by atoms with Crippen molar-refractivity contribution in [3.63, 3.8) is 0 Å². The third-order valence-electron chi connectivity index (χ3n) is 9.83. The highest BCUT2D eigenvalue weighted by atomic mass is 16.5. The number of carbonyl (C=O) groups excluding carboxylic acids is 2. The Labute approximate surface area is 238 Å². The maximum absolute atomic E-state index is 13.3. The van der Waals surface area contributed by atoms with Crippen molar-refractivity contribution in [1.29, 1.82) is 0 Å². The summed E-state index contributed by atoms with van der Waals surface area (Å²) in [6.45, 7) is 2.72. The Hall–Kier alpha value is -3.06. The van der Waals surface area contributed by atoms with Crippen molar-refractivity contribution in [2.75, 3.05) is 43.6 Å². The first-order chi connectivity index (χ1) is 19.5. The number of anilines is 2. The molecule has 0 aromatic heterocycles. The van der Waals surface area contributed by atoms with Gasteiger partial charge in [-0.1, -0.05) is 30.3 Å². The number of rotatable bonds is 9. The van der Waals surface area contributed by atoms with Gasteiger partial charge in [0.25, 0.3) is 5.91 Å². The Kier molecular flexibility index (Phi) is 8.01. The van der Waals surface area contributed by atoms with Crippen molar-refractivity contribution < 1.29 is 14.3 Å². The molecule has 1 heterocycles. The molecule has 5 fully saturated rings. The van der Waals surface area contributed by atoms with E-state index in [9.17, 15) is 9.59 Å². The number of piperidine rings is 1. The first-order valence-corrected chi connectivity index (χ1v) is 15.3. The Bertz CT molecular complexity index is 1160. The molecule has 0 radical (unpaired) electrons. The molecule has 4 aliphatic carbocycles. The molecule has 0 unspecified atom stereocenters. The number of carbonyl (C=O) groups is 2. The van der Waals surface area contributed by atoms with Gasteiger partial charge in [-0.2, -0.15) is 0 Å². The number of amides is 3. The number of hydrogen-bond acceptors (Lipinski definition) is 4. The lowest BCUT2D eigenvalue weighted by Crippen LogP contribution is -2.60. The molecule has 7 nitrogen and oxygen atoms in total. The van der Waals surface area contributed by atoms with Crippen LogP contribution in [0.15, 0.2) is 48.5 Å². The van der Waals surface area contributed by atoms with Gasteiger partial charge in [-0.25, -0.2) is 4.79 Å². The minimum atomic E-state index is -0.151. The van der Waals surface area contributed by atoms with E-state index in [-0.39, 0.29) is 17.5 Å². The number of urea groups is 1. The normalized spacial score (nSPS) is 27.4. The number of nitrogens with zero attached hydrogens (tertiary/aromatic N) is 1. The van der Waals surface area contributed by atoms with Gasteiger partial charge in [-0.3, -0.25) is 4.79 Å². The van der Waals surface area contributed by atoms with E-state index in [0.29, 0.717) is 30.3 Å². The highest BCUT2D eigenvalue weighted by Gasteiger charge is 2.51. The van der Waals surface area contributed by atoms with Crippen LogP contribution in [0, 0.1) is 23.7 Å².